The number of benzene rings is 1. The van der Waals surface area contributed by atoms with Crippen molar-refractivity contribution in [1.82, 2.24) is 25.0 Å². The summed E-state index contributed by atoms with van der Waals surface area (Å²) in [6.45, 7) is 12.7. The van der Waals surface area contributed by atoms with Crippen LogP contribution in [0, 0.1) is 0 Å². The molecule has 0 saturated carbocycles. The molecule has 0 spiro atoms. The molecule has 1 amide bonds. The minimum absolute atomic E-state index is 0.000836. The third-order valence-corrected chi connectivity index (χ3v) is 6.19. The lowest BCUT2D eigenvalue weighted by Gasteiger charge is -2.40. The normalized spacial score (nSPS) is 15.1. The van der Waals surface area contributed by atoms with Crippen LogP contribution in [0.3, 0.4) is 0 Å². The zero-order valence-electron chi connectivity index (χ0n) is 17.8. The van der Waals surface area contributed by atoms with Crippen molar-refractivity contribution in [2.24, 2.45) is 0 Å². The standard InChI is InChI=1S/C22H31N5O2S/c1-4-10-27-19(15-18-8-6-5-7-9-18)24-25-21(27)30-16-20(28)23-17-22(2,3)26-11-13-29-14-12-26/h4-9H,1,10-17H2,2-3H3,(H,23,28). The molecular weight excluding hydrogens is 398 g/mol. The molecule has 7 nitrogen and oxygen atoms in total. The summed E-state index contributed by atoms with van der Waals surface area (Å²) in [6.07, 6.45) is 2.52. The maximum atomic E-state index is 12.5. The number of allylic oxidation sites excluding steroid dienone is 1. The van der Waals surface area contributed by atoms with Crippen molar-refractivity contribution in [2.75, 3.05) is 38.6 Å². The van der Waals surface area contributed by atoms with Crippen molar-refractivity contribution in [3.05, 3.63) is 54.4 Å². The summed E-state index contributed by atoms with van der Waals surface area (Å²) in [5, 5.41) is 12.5. The second kappa shape index (κ2) is 10.7. The van der Waals surface area contributed by atoms with Gasteiger partial charge in [0.1, 0.15) is 5.82 Å². The van der Waals surface area contributed by atoms with Crippen molar-refractivity contribution in [3.63, 3.8) is 0 Å². The van der Waals surface area contributed by atoms with Gasteiger partial charge in [-0.2, -0.15) is 0 Å². The first-order chi connectivity index (χ1) is 14.5. The first-order valence-corrected chi connectivity index (χ1v) is 11.3. The predicted molar refractivity (Wildman–Crippen MR) is 120 cm³/mol. The number of hydrogen-bond donors (Lipinski definition) is 1. The van der Waals surface area contributed by atoms with Crippen LogP contribution in [-0.4, -0.2) is 69.7 Å². The van der Waals surface area contributed by atoms with Crippen LogP contribution >= 0.6 is 11.8 Å². The molecule has 2 heterocycles. The van der Waals surface area contributed by atoms with E-state index in [1.54, 1.807) is 0 Å². The smallest absolute Gasteiger partial charge is 0.230 e. The van der Waals surface area contributed by atoms with E-state index in [1.165, 1.54) is 17.3 Å². The first kappa shape index (κ1) is 22.5. The molecule has 3 rings (SSSR count). The van der Waals surface area contributed by atoms with E-state index >= 15 is 0 Å². The van der Waals surface area contributed by atoms with Gasteiger partial charge in [0.25, 0.3) is 0 Å². The molecule has 8 heteroatoms. The van der Waals surface area contributed by atoms with E-state index in [-0.39, 0.29) is 11.4 Å². The van der Waals surface area contributed by atoms with Gasteiger partial charge < -0.3 is 14.6 Å². The summed E-state index contributed by atoms with van der Waals surface area (Å²) in [6, 6.07) is 10.2. The van der Waals surface area contributed by atoms with Gasteiger partial charge in [0.15, 0.2) is 5.16 Å². The summed E-state index contributed by atoms with van der Waals surface area (Å²) >= 11 is 1.41. The zero-order chi connectivity index (χ0) is 21.4. The molecule has 0 radical (unpaired) electrons. The summed E-state index contributed by atoms with van der Waals surface area (Å²) < 4.78 is 7.45. The van der Waals surface area contributed by atoms with Gasteiger partial charge in [0.05, 0.1) is 19.0 Å². The van der Waals surface area contributed by atoms with Crippen molar-refractivity contribution in [1.29, 1.82) is 0 Å². The minimum atomic E-state index is -0.101. The predicted octanol–water partition coefficient (Wildman–Crippen LogP) is 2.37. The zero-order valence-corrected chi connectivity index (χ0v) is 18.7. The van der Waals surface area contributed by atoms with E-state index in [1.807, 2.05) is 28.8 Å². The van der Waals surface area contributed by atoms with Crippen molar-refractivity contribution in [2.45, 2.75) is 37.5 Å². The van der Waals surface area contributed by atoms with Crippen LogP contribution in [-0.2, 0) is 22.5 Å². The molecule has 30 heavy (non-hydrogen) atoms. The van der Waals surface area contributed by atoms with Crippen molar-refractivity contribution in [3.8, 4) is 0 Å². The molecule has 0 bridgehead atoms. The SMILES string of the molecule is C=CCn1c(Cc2ccccc2)nnc1SCC(=O)NCC(C)(C)N1CCOCC1. The third-order valence-electron chi connectivity index (χ3n) is 5.23. The van der Waals surface area contributed by atoms with Crippen LogP contribution in [0.4, 0.5) is 0 Å². The fraction of sp³-hybridized carbons (Fsp3) is 0.500. The summed E-state index contributed by atoms with van der Waals surface area (Å²) in [5.41, 5.74) is 1.07. The van der Waals surface area contributed by atoms with E-state index < -0.39 is 0 Å². The Balaban J connectivity index is 1.54. The molecule has 1 fully saturated rings. The molecule has 0 unspecified atom stereocenters. The highest BCUT2D eigenvalue weighted by molar-refractivity contribution is 7.99. The largest absolute Gasteiger partial charge is 0.379 e. The highest BCUT2D eigenvalue weighted by atomic mass is 32.2. The number of amides is 1. The molecule has 0 atom stereocenters. The van der Waals surface area contributed by atoms with Crippen molar-refractivity contribution >= 4 is 17.7 Å². The lowest BCUT2D eigenvalue weighted by Crippen LogP contribution is -2.55. The van der Waals surface area contributed by atoms with Gasteiger partial charge in [-0.05, 0) is 19.4 Å². The van der Waals surface area contributed by atoms with Gasteiger partial charge in [-0.25, -0.2) is 0 Å². The summed E-state index contributed by atoms with van der Waals surface area (Å²) in [7, 11) is 0. The van der Waals surface area contributed by atoms with Crippen molar-refractivity contribution < 1.29 is 9.53 Å². The first-order valence-electron chi connectivity index (χ1n) is 10.3. The minimum Gasteiger partial charge on any atom is -0.379 e. The topological polar surface area (TPSA) is 72.3 Å². The van der Waals surface area contributed by atoms with Gasteiger partial charge in [0.2, 0.25) is 5.91 Å². The van der Waals surface area contributed by atoms with Gasteiger partial charge in [0, 0.05) is 38.1 Å². The van der Waals surface area contributed by atoms with Crippen LogP contribution in [0.2, 0.25) is 0 Å². The number of nitrogens with one attached hydrogen (secondary N) is 1. The Labute approximate surface area is 182 Å². The Bertz CT molecular complexity index is 831. The second-order valence-corrected chi connectivity index (χ2v) is 8.88. The average molecular weight is 430 g/mol. The Hall–Kier alpha value is -2.16. The quantitative estimate of drug-likeness (QED) is 0.462. The monoisotopic (exact) mass is 429 g/mol. The number of rotatable bonds is 10. The second-order valence-electron chi connectivity index (χ2n) is 7.94. The molecule has 1 aliphatic heterocycles. The van der Waals surface area contributed by atoms with Crippen LogP contribution in [0.25, 0.3) is 0 Å². The van der Waals surface area contributed by atoms with Gasteiger partial charge >= 0.3 is 0 Å². The number of nitrogens with zero attached hydrogens (tertiary/aromatic N) is 4. The van der Waals surface area contributed by atoms with Gasteiger partial charge in [-0.1, -0.05) is 48.2 Å². The van der Waals surface area contributed by atoms with E-state index in [0.717, 1.165) is 37.3 Å². The molecule has 1 aromatic carbocycles. The molecule has 1 saturated heterocycles. The van der Waals surface area contributed by atoms with E-state index in [0.29, 0.717) is 25.3 Å². The van der Waals surface area contributed by atoms with Gasteiger partial charge in [-0.15, -0.1) is 16.8 Å². The highest BCUT2D eigenvalue weighted by Crippen LogP contribution is 2.19. The van der Waals surface area contributed by atoms with E-state index in [2.05, 4.69) is 53.0 Å². The Morgan fingerprint density at radius 3 is 2.70 bits per heavy atom. The molecule has 162 valence electrons. The van der Waals surface area contributed by atoms with Crippen LogP contribution in [0.5, 0.6) is 0 Å². The number of carbonyl (C=O) groups excluding carboxylic acids is 1. The van der Waals surface area contributed by atoms with Crippen LogP contribution < -0.4 is 5.32 Å². The number of carbonyl (C=O) groups is 1. The van der Waals surface area contributed by atoms with E-state index in [4.69, 9.17) is 4.74 Å². The molecule has 2 aromatic rings. The maximum Gasteiger partial charge on any atom is 0.230 e. The van der Waals surface area contributed by atoms with E-state index in [9.17, 15) is 4.79 Å². The van der Waals surface area contributed by atoms with Crippen LogP contribution in [0.1, 0.15) is 25.2 Å². The Morgan fingerprint density at radius 2 is 2.00 bits per heavy atom. The number of hydrogen-bond acceptors (Lipinski definition) is 6. The lowest BCUT2D eigenvalue weighted by molar-refractivity contribution is -0.119. The van der Waals surface area contributed by atoms with Crippen LogP contribution in [0.15, 0.2) is 48.1 Å². The maximum absolute atomic E-state index is 12.5. The molecule has 1 N–H and O–H groups in total. The average Bonchev–Trinajstić information content (AvgIpc) is 3.14. The lowest BCUT2D eigenvalue weighted by atomic mass is 10.0. The molecular formula is C22H31N5O2S. The summed E-state index contributed by atoms with van der Waals surface area (Å²) in [4.78, 5) is 14.8. The number of morpholine rings is 1. The summed E-state index contributed by atoms with van der Waals surface area (Å²) in [5.74, 6) is 1.18. The Kier molecular flexibility index (Phi) is 8.07. The number of thioether (sulfide) groups is 1. The fourth-order valence-corrected chi connectivity index (χ4v) is 4.22. The fourth-order valence-electron chi connectivity index (χ4n) is 3.42. The Morgan fingerprint density at radius 1 is 1.27 bits per heavy atom. The van der Waals surface area contributed by atoms with Gasteiger partial charge in [-0.3, -0.25) is 9.69 Å². The number of aromatic nitrogens is 3. The number of ether oxygens (including phenoxy) is 1. The highest BCUT2D eigenvalue weighted by Gasteiger charge is 2.28. The molecule has 1 aromatic heterocycles. The molecule has 1 aliphatic rings. The third kappa shape index (κ3) is 6.17. The molecule has 0 aliphatic carbocycles.